The van der Waals surface area contributed by atoms with Crippen LogP contribution in [0.25, 0.3) is 0 Å². The predicted octanol–water partition coefficient (Wildman–Crippen LogP) is 3.94. The standard InChI is InChI=1S/C25H25N3O5S/c1-17-12-13-19(16-21(17)27-34(31,32)20-8-4-3-5-9-20)26-24(29)14-15-28-22-10-6-7-11-23(22)33-18(2)25(28)30/h3-13,16,18,27H,14-15H2,1-2H3,(H,26,29). The summed E-state index contributed by atoms with van der Waals surface area (Å²) in [4.78, 5) is 26.9. The second-order valence-corrected chi connectivity index (χ2v) is 9.65. The molecule has 1 heterocycles. The summed E-state index contributed by atoms with van der Waals surface area (Å²) < 4.78 is 33.6. The summed E-state index contributed by atoms with van der Waals surface area (Å²) in [5.74, 6) is 0.0912. The maximum atomic E-state index is 12.7. The zero-order valence-electron chi connectivity index (χ0n) is 18.8. The number of sulfonamides is 1. The van der Waals surface area contributed by atoms with E-state index < -0.39 is 16.1 Å². The van der Waals surface area contributed by atoms with Gasteiger partial charge in [0.05, 0.1) is 16.3 Å². The van der Waals surface area contributed by atoms with Gasteiger partial charge in [0.2, 0.25) is 5.91 Å². The number of nitrogens with zero attached hydrogens (tertiary/aromatic N) is 1. The van der Waals surface area contributed by atoms with Gasteiger partial charge in [-0.15, -0.1) is 0 Å². The smallest absolute Gasteiger partial charge is 0.267 e. The van der Waals surface area contributed by atoms with Crippen molar-refractivity contribution in [1.82, 2.24) is 0 Å². The second kappa shape index (κ2) is 9.56. The molecule has 0 aliphatic carbocycles. The molecule has 1 aliphatic rings. The quantitative estimate of drug-likeness (QED) is 0.534. The van der Waals surface area contributed by atoms with E-state index in [1.165, 1.54) is 12.1 Å². The van der Waals surface area contributed by atoms with Gasteiger partial charge in [-0.3, -0.25) is 14.3 Å². The van der Waals surface area contributed by atoms with Gasteiger partial charge in [0.25, 0.3) is 15.9 Å². The summed E-state index contributed by atoms with van der Waals surface area (Å²) in [6.07, 6.45) is -0.568. The lowest BCUT2D eigenvalue weighted by Gasteiger charge is -2.32. The Balaban J connectivity index is 1.44. The SMILES string of the molecule is Cc1ccc(NC(=O)CCN2C(=O)C(C)Oc3ccccc32)cc1NS(=O)(=O)c1ccccc1. The molecule has 1 aliphatic heterocycles. The zero-order chi connectivity index (χ0) is 24.3. The van der Waals surface area contributed by atoms with Crippen LogP contribution in [0, 0.1) is 6.92 Å². The Morgan fingerprint density at radius 2 is 1.74 bits per heavy atom. The Morgan fingerprint density at radius 3 is 2.50 bits per heavy atom. The van der Waals surface area contributed by atoms with Gasteiger partial charge in [-0.1, -0.05) is 36.4 Å². The fourth-order valence-corrected chi connectivity index (χ4v) is 4.78. The van der Waals surface area contributed by atoms with Crippen molar-refractivity contribution in [3.63, 3.8) is 0 Å². The Kier molecular flexibility index (Phi) is 6.56. The van der Waals surface area contributed by atoms with Crippen LogP contribution in [0.5, 0.6) is 5.75 Å². The number of anilines is 3. The van der Waals surface area contributed by atoms with Gasteiger partial charge >= 0.3 is 0 Å². The normalized spacial score (nSPS) is 15.3. The Hall–Kier alpha value is -3.85. The number of aryl methyl sites for hydroxylation is 1. The lowest BCUT2D eigenvalue weighted by Crippen LogP contribution is -2.45. The Morgan fingerprint density at radius 1 is 1.03 bits per heavy atom. The fourth-order valence-electron chi connectivity index (χ4n) is 3.64. The maximum Gasteiger partial charge on any atom is 0.267 e. The van der Waals surface area contributed by atoms with E-state index >= 15 is 0 Å². The van der Waals surface area contributed by atoms with Gasteiger partial charge in [0, 0.05) is 18.7 Å². The first-order valence-corrected chi connectivity index (χ1v) is 12.3. The van der Waals surface area contributed by atoms with Crippen LogP contribution in [-0.2, 0) is 19.6 Å². The molecule has 34 heavy (non-hydrogen) atoms. The van der Waals surface area contributed by atoms with Crippen molar-refractivity contribution in [2.75, 3.05) is 21.5 Å². The van der Waals surface area contributed by atoms with Crippen LogP contribution in [0.2, 0.25) is 0 Å². The maximum absolute atomic E-state index is 12.7. The molecule has 0 aromatic heterocycles. The molecule has 0 bridgehead atoms. The minimum Gasteiger partial charge on any atom is -0.479 e. The van der Waals surface area contributed by atoms with Crippen molar-refractivity contribution in [3.05, 3.63) is 78.4 Å². The lowest BCUT2D eigenvalue weighted by atomic mass is 10.1. The highest BCUT2D eigenvalue weighted by molar-refractivity contribution is 7.92. The molecule has 0 saturated carbocycles. The molecule has 176 valence electrons. The molecule has 8 nitrogen and oxygen atoms in total. The number of para-hydroxylation sites is 2. The molecular formula is C25H25N3O5S. The number of fused-ring (bicyclic) bond motifs is 1. The fraction of sp³-hybridized carbons (Fsp3) is 0.200. The highest BCUT2D eigenvalue weighted by Crippen LogP contribution is 2.33. The van der Waals surface area contributed by atoms with Crippen LogP contribution in [0.4, 0.5) is 17.1 Å². The first-order valence-electron chi connectivity index (χ1n) is 10.8. The summed E-state index contributed by atoms with van der Waals surface area (Å²) in [6, 6.07) is 20.3. The first kappa shape index (κ1) is 23.3. The van der Waals surface area contributed by atoms with Crippen LogP contribution >= 0.6 is 0 Å². The molecule has 0 spiro atoms. The van der Waals surface area contributed by atoms with E-state index in [0.717, 1.165) is 0 Å². The Labute approximate surface area is 198 Å². The van der Waals surface area contributed by atoms with Gasteiger partial charge in [0.15, 0.2) is 6.10 Å². The predicted molar refractivity (Wildman–Crippen MR) is 131 cm³/mol. The number of ether oxygens (including phenoxy) is 1. The highest BCUT2D eigenvalue weighted by Gasteiger charge is 2.31. The van der Waals surface area contributed by atoms with Gasteiger partial charge in [0.1, 0.15) is 5.75 Å². The minimum absolute atomic E-state index is 0.0613. The van der Waals surface area contributed by atoms with Crippen molar-refractivity contribution < 1.29 is 22.7 Å². The van der Waals surface area contributed by atoms with Crippen LogP contribution in [0.1, 0.15) is 18.9 Å². The largest absolute Gasteiger partial charge is 0.479 e. The number of nitrogens with one attached hydrogen (secondary N) is 2. The van der Waals surface area contributed by atoms with Gasteiger partial charge in [-0.25, -0.2) is 8.42 Å². The number of rotatable bonds is 7. The highest BCUT2D eigenvalue weighted by atomic mass is 32.2. The number of amides is 2. The minimum atomic E-state index is -3.76. The van der Waals surface area contributed by atoms with E-state index in [2.05, 4.69) is 10.0 Å². The second-order valence-electron chi connectivity index (χ2n) is 7.96. The van der Waals surface area contributed by atoms with Crippen LogP contribution in [-0.4, -0.2) is 32.9 Å². The number of carbonyl (C=O) groups excluding carboxylic acids is 2. The van der Waals surface area contributed by atoms with Crippen LogP contribution < -0.4 is 19.7 Å². The molecule has 2 amide bonds. The number of carbonyl (C=O) groups is 2. The molecule has 0 saturated heterocycles. The van der Waals surface area contributed by atoms with Crippen molar-refractivity contribution in [2.45, 2.75) is 31.3 Å². The molecular weight excluding hydrogens is 454 g/mol. The molecule has 2 N–H and O–H groups in total. The summed E-state index contributed by atoms with van der Waals surface area (Å²) in [5.41, 5.74) is 2.16. The summed E-state index contributed by atoms with van der Waals surface area (Å²) in [6.45, 7) is 3.64. The average Bonchev–Trinajstić information content (AvgIpc) is 2.82. The third kappa shape index (κ3) is 5.04. The molecule has 3 aromatic carbocycles. The molecule has 4 rings (SSSR count). The van der Waals surface area contributed by atoms with E-state index in [4.69, 9.17) is 4.74 Å². The monoisotopic (exact) mass is 479 g/mol. The average molecular weight is 480 g/mol. The van der Waals surface area contributed by atoms with Gasteiger partial charge < -0.3 is 15.0 Å². The zero-order valence-corrected chi connectivity index (χ0v) is 19.6. The van der Waals surface area contributed by atoms with E-state index in [1.807, 2.05) is 12.1 Å². The molecule has 0 fully saturated rings. The van der Waals surface area contributed by atoms with Gasteiger partial charge in [-0.05, 0) is 55.8 Å². The molecule has 1 unspecified atom stereocenters. The van der Waals surface area contributed by atoms with Crippen LogP contribution in [0.15, 0.2) is 77.7 Å². The first-order chi connectivity index (χ1) is 16.2. The van der Waals surface area contributed by atoms with Crippen molar-refractivity contribution in [3.8, 4) is 5.75 Å². The lowest BCUT2D eigenvalue weighted by molar-refractivity contribution is -0.125. The summed E-state index contributed by atoms with van der Waals surface area (Å²) in [5, 5.41) is 2.78. The third-order valence-corrected chi connectivity index (χ3v) is 6.84. The summed E-state index contributed by atoms with van der Waals surface area (Å²) in [7, 11) is -3.76. The molecule has 0 radical (unpaired) electrons. The molecule has 3 aromatic rings. The van der Waals surface area contributed by atoms with E-state index in [9.17, 15) is 18.0 Å². The van der Waals surface area contributed by atoms with Crippen molar-refractivity contribution >= 4 is 38.9 Å². The van der Waals surface area contributed by atoms with E-state index in [0.29, 0.717) is 28.4 Å². The van der Waals surface area contributed by atoms with Crippen molar-refractivity contribution in [2.24, 2.45) is 0 Å². The number of hydrogen-bond acceptors (Lipinski definition) is 5. The Bertz CT molecular complexity index is 1330. The molecule has 9 heteroatoms. The number of benzene rings is 3. The van der Waals surface area contributed by atoms with Crippen LogP contribution in [0.3, 0.4) is 0 Å². The molecule has 1 atom stereocenters. The number of hydrogen-bond donors (Lipinski definition) is 2. The van der Waals surface area contributed by atoms with Crippen molar-refractivity contribution in [1.29, 1.82) is 0 Å². The topological polar surface area (TPSA) is 105 Å². The van der Waals surface area contributed by atoms with Gasteiger partial charge in [-0.2, -0.15) is 0 Å². The third-order valence-electron chi connectivity index (χ3n) is 5.46. The van der Waals surface area contributed by atoms with E-state index in [-0.39, 0.29) is 29.7 Å². The summed E-state index contributed by atoms with van der Waals surface area (Å²) >= 11 is 0. The van der Waals surface area contributed by atoms with E-state index in [1.54, 1.807) is 67.3 Å².